The number of rotatable bonds is 6. The molecule has 0 bridgehead atoms. The lowest BCUT2D eigenvalue weighted by Gasteiger charge is -2.36. The first-order chi connectivity index (χ1) is 12.7. The highest BCUT2D eigenvalue weighted by Crippen LogP contribution is 2.15. The van der Waals surface area contributed by atoms with Gasteiger partial charge in [-0.1, -0.05) is 29.8 Å². The number of hydrogen-bond acceptors (Lipinski definition) is 3. The number of amides is 2. The third-order valence-corrected chi connectivity index (χ3v) is 4.78. The van der Waals surface area contributed by atoms with Crippen molar-refractivity contribution >= 4 is 29.0 Å². The van der Waals surface area contributed by atoms with E-state index in [0.717, 1.165) is 44.8 Å². The lowest BCUT2D eigenvalue weighted by Crippen LogP contribution is -2.47. The van der Waals surface area contributed by atoms with Gasteiger partial charge in [-0.25, -0.2) is 4.79 Å². The Labute approximate surface area is 159 Å². The van der Waals surface area contributed by atoms with Crippen molar-refractivity contribution in [2.24, 2.45) is 0 Å². The van der Waals surface area contributed by atoms with Crippen molar-refractivity contribution < 1.29 is 4.79 Å². The van der Waals surface area contributed by atoms with Crippen molar-refractivity contribution in [2.45, 2.75) is 6.42 Å². The van der Waals surface area contributed by atoms with Gasteiger partial charge >= 0.3 is 6.03 Å². The van der Waals surface area contributed by atoms with Crippen LogP contribution in [0.4, 0.5) is 16.2 Å². The minimum atomic E-state index is -0.179. The molecule has 1 fully saturated rings. The molecule has 1 aliphatic heterocycles. The number of nitrogens with one attached hydrogen (secondary N) is 2. The van der Waals surface area contributed by atoms with Crippen LogP contribution in [0.15, 0.2) is 54.6 Å². The molecule has 26 heavy (non-hydrogen) atoms. The van der Waals surface area contributed by atoms with Gasteiger partial charge in [-0.2, -0.15) is 0 Å². The van der Waals surface area contributed by atoms with Crippen molar-refractivity contribution in [1.82, 2.24) is 10.2 Å². The maximum atomic E-state index is 11.9. The standard InChI is InChI=1S/C20H25ClN4O/c21-17-7-9-18(10-8-17)23-20(26)22-11-4-12-24-13-15-25(16-14-24)19-5-2-1-3-6-19/h1-3,5-10H,4,11-16H2,(H2,22,23,26). The van der Waals surface area contributed by atoms with E-state index < -0.39 is 0 Å². The SMILES string of the molecule is O=C(NCCCN1CCN(c2ccccc2)CC1)Nc1ccc(Cl)cc1. The van der Waals surface area contributed by atoms with E-state index in [9.17, 15) is 4.79 Å². The Hall–Kier alpha value is -2.24. The molecule has 1 saturated heterocycles. The minimum absolute atomic E-state index is 0.179. The predicted molar refractivity (Wildman–Crippen MR) is 108 cm³/mol. The Balaban J connectivity index is 1.30. The summed E-state index contributed by atoms with van der Waals surface area (Å²) in [6.45, 7) is 5.89. The van der Waals surface area contributed by atoms with Crippen molar-refractivity contribution in [2.75, 3.05) is 49.5 Å². The van der Waals surface area contributed by atoms with Crippen LogP contribution in [0.5, 0.6) is 0 Å². The van der Waals surface area contributed by atoms with E-state index in [1.54, 1.807) is 24.3 Å². The fourth-order valence-electron chi connectivity index (χ4n) is 3.08. The fraction of sp³-hybridized carbons (Fsp3) is 0.350. The summed E-state index contributed by atoms with van der Waals surface area (Å²) in [6, 6.07) is 17.5. The van der Waals surface area contributed by atoms with Crippen LogP contribution in [-0.2, 0) is 0 Å². The third-order valence-electron chi connectivity index (χ3n) is 4.53. The smallest absolute Gasteiger partial charge is 0.319 e. The number of nitrogens with zero attached hydrogens (tertiary/aromatic N) is 2. The fourth-order valence-corrected chi connectivity index (χ4v) is 3.21. The van der Waals surface area contributed by atoms with Crippen LogP contribution in [-0.4, -0.2) is 50.2 Å². The second kappa shape index (κ2) is 9.46. The summed E-state index contributed by atoms with van der Waals surface area (Å²) in [6.07, 6.45) is 0.944. The molecule has 3 rings (SSSR count). The monoisotopic (exact) mass is 372 g/mol. The van der Waals surface area contributed by atoms with Gasteiger partial charge in [0.05, 0.1) is 0 Å². The number of halogens is 1. The van der Waals surface area contributed by atoms with E-state index in [4.69, 9.17) is 11.6 Å². The molecule has 5 nitrogen and oxygen atoms in total. The first kappa shape index (κ1) is 18.5. The van der Waals surface area contributed by atoms with E-state index in [0.29, 0.717) is 11.6 Å². The molecule has 0 radical (unpaired) electrons. The first-order valence-electron chi connectivity index (χ1n) is 9.03. The van der Waals surface area contributed by atoms with E-state index in [-0.39, 0.29) is 6.03 Å². The average molecular weight is 373 g/mol. The topological polar surface area (TPSA) is 47.6 Å². The van der Waals surface area contributed by atoms with Crippen molar-refractivity contribution in [3.05, 3.63) is 59.6 Å². The van der Waals surface area contributed by atoms with Gasteiger partial charge in [0.15, 0.2) is 0 Å². The minimum Gasteiger partial charge on any atom is -0.369 e. The summed E-state index contributed by atoms with van der Waals surface area (Å²) < 4.78 is 0. The molecule has 2 amide bonds. The van der Waals surface area contributed by atoms with Crippen LogP contribution in [0, 0.1) is 0 Å². The van der Waals surface area contributed by atoms with Gasteiger partial charge in [0.2, 0.25) is 0 Å². The zero-order valence-corrected chi connectivity index (χ0v) is 15.6. The molecule has 0 saturated carbocycles. The van der Waals surface area contributed by atoms with Crippen molar-refractivity contribution in [1.29, 1.82) is 0 Å². The number of carbonyl (C=O) groups excluding carboxylic acids is 1. The molecule has 6 heteroatoms. The predicted octanol–water partition coefficient (Wildman–Crippen LogP) is 3.67. The molecular weight excluding hydrogens is 348 g/mol. The Kier molecular flexibility index (Phi) is 6.75. The Morgan fingerprint density at radius 2 is 1.65 bits per heavy atom. The highest BCUT2D eigenvalue weighted by atomic mass is 35.5. The Bertz CT molecular complexity index is 685. The van der Waals surface area contributed by atoms with Crippen LogP contribution < -0.4 is 15.5 Å². The number of benzene rings is 2. The summed E-state index contributed by atoms with van der Waals surface area (Å²) in [5.41, 5.74) is 2.04. The van der Waals surface area contributed by atoms with Gasteiger partial charge in [-0.15, -0.1) is 0 Å². The van der Waals surface area contributed by atoms with Gasteiger partial charge < -0.3 is 15.5 Å². The van der Waals surface area contributed by atoms with Gasteiger partial charge in [-0.3, -0.25) is 4.90 Å². The molecule has 1 aliphatic rings. The van der Waals surface area contributed by atoms with E-state index in [1.165, 1.54) is 5.69 Å². The zero-order chi connectivity index (χ0) is 18.2. The molecule has 138 valence electrons. The Morgan fingerprint density at radius 3 is 2.35 bits per heavy atom. The van der Waals surface area contributed by atoms with Crippen molar-refractivity contribution in [3.63, 3.8) is 0 Å². The van der Waals surface area contributed by atoms with E-state index in [2.05, 4.69) is 50.8 Å². The lowest BCUT2D eigenvalue weighted by molar-refractivity contribution is 0.244. The molecule has 0 aliphatic carbocycles. The molecule has 0 unspecified atom stereocenters. The van der Waals surface area contributed by atoms with Crippen LogP contribution in [0.25, 0.3) is 0 Å². The zero-order valence-electron chi connectivity index (χ0n) is 14.8. The maximum Gasteiger partial charge on any atom is 0.319 e. The number of carbonyl (C=O) groups is 1. The van der Waals surface area contributed by atoms with Crippen molar-refractivity contribution in [3.8, 4) is 0 Å². The summed E-state index contributed by atoms with van der Waals surface area (Å²) >= 11 is 5.83. The molecule has 0 spiro atoms. The molecule has 2 aromatic carbocycles. The lowest BCUT2D eigenvalue weighted by atomic mass is 10.2. The summed E-state index contributed by atoms with van der Waals surface area (Å²) in [5, 5.41) is 6.36. The van der Waals surface area contributed by atoms with Crippen LogP contribution in [0.3, 0.4) is 0 Å². The number of hydrogen-bond donors (Lipinski definition) is 2. The third kappa shape index (κ3) is 5.64. The molecular formula is C20H25ClN4O. The Morgan fingerprint density at radius 1 is 0.962 bits per heavy atom. The number of anilines is 2. The second-order valence-corrected chi connectivity index (χ2v) is 6.84. The molecule has 2 aromatic rings. The van der Waals surface area contributed by atoms with Gasteiger partial charge in [-0.05, 0) is 49.4 Å². The summed E-state index contributed by atoms with van der Waals surface area (Å²) in [7, 11) is 0. The van der Waals surface area contributed by atoms with Crippen LogP contribution >= 0.6 is 11.6 Å². The maximum absolute atomic E-state index is 11.9. The highest BCUT2D eigenvalue weighted by Gasteiger charge is 2.16. The van der Waals surface area contributed by atoms with Gasteiger partial charge in [0, 0.05) is 49.1 Å². The summed E-state index contributed by atoms with van der Waals surface area (Å²) in [5.74, 6) is 0. The highest BCUT2D eigenvalue weighted by molar-refractivity contribution is 6.30. The molecule has 0 atom stereocenters. The molecule has 2 N–H and O–H groups in total. The normalized spacial score (nSPS) is 14.9. The van der Waals surface area contributed by atoms with E-state index >= 15 is 0 Å². The largest absolute Gasteiger partial charge is 0.369 e. The second-order valence-electron chi connectivity index (χ2n) is 6.41. The molecule has 0 aromatic heterocycles. The quantitative estimate of drug-likeness (QED) is 0.760. The van der Waals surface area contributed by atoms with Gasteiger partial charge in [0.1, 0.15) is 0 Å². The molecule has 1 heterocycles. The number of urea groups is 1. The number of para-hydroxylation sites is 1. The summed E-state index contributed by atoms with van der Waals surface area (Å²) in [4.78, 5) is 16.8. The van der Waals surface area contributed by atoms with Gasteiger partial charge in [0.25, 0.3) is 0 Å². The number of piperazine rings is 1. The van der Waals surface area contributed by atoms with E-state index in [1.807, 2.05) is 0 Å². The van der Waals surface area contributed by atoms with Crippen LogP contribution in [0.2, 0.25) is 5.02 Å². The average Bonchev–Trinajstić information content (AvgIpc) is 2.68. The van der Waals surface area contributed by atoms with Crippen LogP contribution in [0.1, 0.15) is 6.42 Å². The first-order valence-corrected chi connectivity index (χ1v) is 9.41.